The lowest BCUT2D eigenvalue weighted by Gasteiger charge is -2.07. The minimum Gasteiger partial charge on any atom is -0.326 e. The summed E-state index contributed by atoms with van der Waals surface area (Å²) in [5.74, 6) is 0.665. The third-order valence-electron chi connectivity index (χ3n) is 2.70. The predicted molar refractivity (Wildman–Crippen MR) is 80.1 cm³/mol. The summed E-state index contributed by atoms with van der Waals surface area (Å²) in [5, 5.41) is 1.88. The monoisotopic (exact) mass is 296 g/mol. The smallest absolute Gasteiger partial charge is 0.148 e. The molecule has 102 valence electrons. The van der Waals surface area contributed by atoms with Crippen molar-refractivity contribution < 1.29 is 8.42 Å². The van der Waals surface area contributed by atoms with Crippen LogP contribution in [0.4, 0.5) is 0 Å². The number of nitrogens with two attached hydrogens (primary N) is 1. The molecule has 0 saturated heterocycles. The molecule has 0 aliphatic heterocycles. The van der Waals surface area contributed by atoms with E-state index < -0.39 is 9.84 Å². The van der Waals surface area contributed by atoms with Crippen molar-refractivity contribution in [3.63, 3.8) is 0 Å². The Labute approximate surface area is 117 Å². The number of fused-ring (bicyclic) bond motifs is 1. The Morgan fingerprint density at radius 1 is 1.32 bits per heavy atom. The molecule has 19 heavy (non-hydrogen) atoms. The summed E-state index contributed by atoms with van der Waals surface area (Å²) < 4.78 is 22.2. The lowest BCUT2D eigenvalue weighted by molar-refractivity contribution is 0.603. The average Bonchev–Trinajstić information content (AvgIpc) is 2.36. The lowest BCUT2D eigenvalue weighted by Crippen LogP contribution is -2.05. The van der Waals surface area contributed by atoms with Crippen LogP contribution in [-0.2, 0) is 16.4 Å². The van der Waals surface area contributed by atoms with Gasteiger partial charge < -0.3 is 5.73 Å². The van der Waals surface area contributed by atoms with Crippen LogP contribution in [-0.4, -0.2) is 31.2 Å². The molecule has 2 rings (SSSR count). The number of para-hydroxylation sites is 1. The fourth-order valence-electron chi connectivity index (χ4n) is 1.76. The fourth-order valence-corrected chi connectivity index (χ4v) is 3.90. The van der Waals surface area contributed by atoms with Crippen LogP contribution in [0.15, 0.2) is 35.4 Å². The number of hydrogen-bond acceptors (Lipinski definition) is 5. The zero-order valence-electron chi connectivity index (χ0n) is 10.7. The topological polar surface area (TPSA) is 73.0 Å². The Kier molecular flexibility index (Phi) is 4.44. The van der Waals surface area contributed by atoms with Crippen molar-refractivity contribution >= 4 is 32.5 Å². The first-order chi connectivity index (χ1) is 8.99. The van der Waals surface area contributed by atoms with E-state index in [1.807, 2.05) is 30.3 Å². The molecule has 1 heterocycles. The van der Waals surface area contributed by atoms with Crippen LogP contribution in [0, 0.1) is 0 Å². The number of sulfone groups is 1. The number of benzene rings is 1. The molecule has 0 spiro atoms. The van der Waals surface area contributed by atoms with Crippen LogP contribution in [0.2, 0.25) is 0 Å². The summed E-state index contributed by atoms with van der Waals surface area (Å²) in [4.78, 5) is 4.52. The normalized spacial score (nSPS) is 11.9. The number of rotatable bonds is 5. The van der Waals surface area contributed by atoms with Gasteiger partial charge in [0.1, 0.15) is 9.84 Å². The molecular formula is C13H16N2O2S2. The van der Waals surface area contributed by atoms with Gasteiger partial charge in [-0.2, -0.15) is 0 Å². The van der Waals surface area contributed by atoms with Gasteiger partial charge in [0, 0.05) is 23.9 Å². The number of thioether (sulfide) groups is 1. The van der Waals surface area contributed by atoms with Gasteiger partial charge in [-0.15, -0.1) is 11.8 Å². The first-order valence-electron chi connectivity index (χ1n) is 5.89. The van der Waals surface area contributed by atoms with Crippen LogP contribution in [0.25, 0.3) is 10.9 Å². The SMILES string of the molecule is CS(=O)(=O)CCSc1cc(CN)c2ccccc2n1. The van der Waals surface area contributed by atoms with E-state index in [2.05, 4.69) is 4.98 Å². The van der Waals surface area contributed by atoms with E-state index in [0.717, 1.165) is 21.5 Å². The van der Waals surface area contributed by atoms with E-state index in [4.69, 9.17) is 5.73 Å². The molecule has 0 aliphatic carbocycles. The molecule has 0 aliphatic rings. The highest BCUT2D eigenvalue weighted by Crippen LogP contribution is 2.23. The Bertz CT molecular complexity index is 684. The van der Waals surface area contributed by atoms with Crippen LogP contribution in [0.3, 0.4) is 0 Å². The lowest BCUT2D eigenvalue weighted by atomic mass is 10.1. The number of aromatic nitrogens is 1. The van der Waals surface area contributed by atoms with Gasteiger partial charge in [0.2, 0.25) is 0 Å². The van der Waals surface area contributed by atoms with Gasteiger partial charge in [0.25, 0.3) is 0 Å². The van der Waals surface area contributed by atoms with Gasteiger partial charge in [0.05, 0.1) is 16.3 Å². The van der Waals surface area contributed by atoms with E-state index in [0.29, 0.717) is 12.3 Å². The van der Waals surface area contributed by atoms with Crippen molar-refractivity contribution in [2.24, 2.45) is 5.73 Å². The van der Waals surface area contributed by atoms with Gasteiger partial charge in [-0.05, 0) is 17.7 Å². The van der Waals surface area contributed by atoms with E-state index in [9.17, 15) is 8.42 Å². The molecule has 4 nitrogen and oxygen atoms in total. The summed E-state index contributed by atoms with van der Waals surface area (Å²) >= 11 is 1.45. The fraction of sp³-hybridized carbons (Fsp3) is 0.308. The molecule has 2 N–H and O–H groups in total. The zero-order chi connectivity index (χ0) is 13.9. The minimum absolute atomic E-state index is 0.157. The van der Waals surface area contributed by atoms with E-state index in [-0.39, 0.29) is 5.75 Å². The van der Waals surface area contributed by atoms with Crippen LogP contribution in [0.5, 0.6) is 0 Å². The summed E-state index contributed by atoms with van der Waals surface area (Å²) in [6, 6.07) is 9.76. The van der Waals surface area contributed by atoms with Crippen LogP contribution >= 0.6 is 11.8 Å². The number of hydrogen-bond donors (Lipinski definition) is 1. The number of nitrogens with zero attached hydrogens (tertiary/aromatic N) is 1. The Morgan fingerprint density at radius 2 is 2.05 bits per heavy atom. The molecular weight excluding hydrogens is 280 g/mol. The molecule has 0 amide bonds. The van der Waals surface area contributed by atoms with Crippen LogP contribution in [0.1, 0.15) is 5.56 Å². The summed E-state index contributed by atoms with van der Waals surface area (Å²) in [5.41, 5.74) is 7.68. The molecule has 1 aromatic carbocycles. The second-order valence-corrected chi connectivity index (χ2v) is 7.69. The third kappa shape index (κ3) is 3.92. The molecule has 0 atom stereocenters. The standard InChI is InChI=1S/C13H16N2O2S2/c1-19(16,17)7-6-18-13-8-10(9-14)11-4-2-3-5-12(11)15-13/h2-5,8H,6-7,9,14H2,1H3. The van der Waals surface area contributed by atoms with Gasteiger partial charge in [-0.3, -0.25) is 0 Å². The zero-order valence-corrected chi connectivity index (χ0v) is 12.3. The maximum Gasteiger partial charge on any atom is 0.148 e. The average molecular weight is 296 g/mol. The maximum absolute atomic E-state index is 11.1. The van der Waals surface area contributed by atoms with Crippen molar-refractivity contribution in [3.8, 4) is 0 Å². The first kappa shape index (κ1) is 14.3. The van der Waals surface area contributed by atoms with Gasteiger partial charge in [-0.1, -0.05) is 18.2 Å². The Balaban J connectivity index is 2.24. The quantitative estimate of drug-likeness (QED) is 0.852. The summed E-state index contributed by atoms with van der Waals surface area (Å²) in [7, 11) is -2.93. The molecule has 0 unspecified atom stereocenters. The molecule has 6 heteroatoms. The molecule has 0 radical (unpaired) electrons. The Hall–Kier alpha value is -1.11. The van der Waals surface area contributed by atoms with Crippen molar-refractivity contribution in [2.45, 2.75) is 11.6 Å². The van der Waals surface area contributed by atoms with Crippen molar-refractivity contribution in [1.29, 1.82) is 0 Å². The molecule has 0 bridgehead atoms. The molecule has 0 saturated carbocycles. The highest BCUT2D eigenvalue weighted by Gasteiger charge is 2.07. The van der Waals surface area contributed by atoms with E-state index >= 15 is 0 Å². The largest absolute Gasteiger partial charge is 0.326 e. The maximum atomic E-state index is 11.1. The summed E-state index contributed by atoms with van der Waals surface area (Å²) in [6.07, 6.45) is 1.24. The molecule has 2 aromatic rings. The van der Waals surface area contributed by atoms with Gasteiger partial charge in [-0.25, -0.2) is 13.4 Å². The van der Waals surface area contributed by atoms with Gasteiger partial charge >= 0.3 is 0 Å². The number of pyridine rings is 1. The third-order valence-corrected chi connectivity index (χ3v) is 4.82. The Morgan fingerprint density at radius 3 is 2.74 bits per heavy atom. The molecule has 0 fully saturated rings. The van der Waals surface area contributed by atoms with Crippen molar-refractivity contribution in [3.05, 3.63) is 35.9 Å². The minimum atomic E-state index is -2.93. The second-order valence-electron chi connectivity index (χ2n) is 4.32. The first-order valence-corrected chi connectivity index (χ1v) is 8.93. The van der Waals surface area contributed by atoms with Crippen molar-refractivity contribution in [2.75, 3.05) is 17.8 Å². The van der Waals surface area contributed by atoms with Gasteiger partial charge in [0.15, 0.2) is 0 Å². The highest BCUT2D eigenvalue weighted by atomic mass is 32.2. The molecule has 1 aromatic heterocycles. The highest BCUT2D eigenvalue weighted by molar-refractivity contribution is 8.00. The van der Waals surface area contributed by atoms with Crippen LogP contribution < -0.4 is 5.73 Å². The van der Waals surface area contributed by atoms with E-state index in [1.165, 1.54) is 18.0 Å². The van der Waals surface area contributed by atoms with Crippen molar-refractivity contribution in [1.82, 2.24) is 4.98 Å². The van der Waals surface area contributed by atoms with E-state index in [1.54, 1.807) is 0 Å². The summed E-state index contributed by atoms with van der Waals surface area (Å²) in [6.45, 7) is 0.447. The predicted octanol–water partition coefficient (Wildman–Crippen LogP) is 1.83. The second kappa shape index (κ2) is 5.90.